The standard InChI is InChI=1S/C21H38O6S16/c22-6-32-12-36-15-40-19(24)3-29-9-34-8-28-1-2-43(27)18-39-14-38-17-42-21(26)5-31-11-35-10-30-4-20(25)41-16-37-13-33-7-23/h22-23H,1-18H2. The molecule has 0 fully saturated rings. The van der Waals surface area contributed by atoms with Gasteiger partial charge in [-0.15, -0.1) is 129 Å². The molecule has 22 heteroatoms. The first-order valence-corrected chi connectivity index (χ1v) is 30.3. The lowest BCUT2D eigenvalue weighted by Gasteiger charge is -2.04. The molecule has 0 bridgehead atoms. The van der Waals surface area contributed by atoms with Crippen LogP contribution in [0, 0.1) is 0 Å². The van der Waals surface area contributed by atoms with Crippen LogP contribution in [0.3, 0.4) is 0 Å². The average molecular weight is 900 g/mol. The molecule has 1 atom stereocenters. The largest absolute Gasteiger partial charge is 0.386 e. The molecule has 43 heavy (non-hydrogen) atoms. The Morgan fingerprint density at radius 1 is 0.442 bits per heavy atom. The van der Waals surface area contributed by atoms with Crippen molar-refractivity contribution in [3.05, 3.63) is 0 Å². The van der Waals surface area contributed by atoms with Crippen LogP contribution < -0.4 is 0 Å². The highest BCUT2D eigenvalue weighted by Gasteiger charge is 2.07. The summed E-state index contributed by atoms with van der Waals surface area (Å²) in [7, 11) is -0.830. The van der Waals surface area contributed by atoms with Gasteiger partial charge in [-0.05, 0) is 0 Å². The van der Waals surface area contributed by atoms with Crippen LogP contribution >= 0.6 is 176 Å². The van der Waals surface area contributed by atoms with Crippen LogP contribution in [0.2, 0.25) is 0 Å². The van der Waals surface area contributed by atoms with Gasteiger partial charge in [0.25, 0.3) is 0 Å². The fourth-order valence-corrected chi connectivity index (χ4v) is 19.8. The minimum absolute atomic E-state index is 0.117. The van der Waals surface area contributed by atoms with Gasteiger partial charge in [0.2, 0.25) is 0 Å². The molecule has 0 radical (unpaired) electrons. The molecule has 0 aliphatic rings. The van der Waals surface area contributed by atoms with Crippen molar-refractivity contribution in [1.29, 1.82) is 0 Å². The lowest BCUT2D eigenvalue weighted by Crippen LogP contribution is -2.03. The molecular weight excluding hydrogens is 861 g/mol. The van der Waals surface area contributed by atoms with Gasteiger partial charge in [-0.25, -0.2) is 0 Å². The maximum atomic E-state index is 12.2. The fraction of sp³-hybridized carbons (Fsp3) is 0.857. The molecule has 0 aromatic rings. The van der Waals surface area contributed by atoms with Gasteiger partial charge in [-0.1, -0.05) is 35.3 Å². The molecule has 0 aromatic carbocycles. The van der Waals surface area contributed by atoms with Crippen molar-refractivity contribution in [2.24, 2.45) is 0 Å². The molecule has 1 unspecified atom stereocenters. The average Bonchev–Trinajstić information content (AvgIpc) is 2.99. The molecule has 0 amide bonds. The lowest BCUT2D eigenvalue weighted by atomic mass is 10.9. The lowest BCUT2D eigenvalue weighted by molar-refractivity contribution is -0.109. The van der Waals surface area contributed by atoms with Crippen LogP contribution in [-0.2, 0) is 25.2 Å². The third-order valence-corrected chi connectivity index (χ3v) is 23.2. The van der Waals surface area contributed by atoms with E-state index in [0.29, 0.717) is 28.1 Å². The minimum Gasteiger partial charge on any atom is -0.386 e. The van der Waals surface area contributed by atoms with Crippen LogP contribution in [0.5, 0.6) is 0 Å². The molecule has 6 nitrogen and oxygen atoms in total. The van der Waals surface area contributed by atoms with Crippen LogP contribution in [0.15, 0.2) is 0 Å². The third kappa shape index (κ3) is 39.0. The Morgan fingerprint density at radius 3 is 1.21 bits per heavy atom. The summed E-state index contributed by atoms with van der Waals surface area (Å²) in [5, 5.41) is 26.7. The topological polar surface area (TPSA) is 109 Å². The third-order valence-electron chi connectivity index (χ3n) is 3.59. The number of carbonyl (C=O) groups excluding carboxylic acids is 3. The molecule has 254 valence electrons. The normalized spacial score (nSPS) is 12.0. The van der Waals surface area contributed by atoms with E-state index in [4.69, 9.17) is 10.2 Å². The highest BCUT2D eigenvalue weighted by atomic mass is 32.3. The summed E-state index contributed by atoms with van der Waals surface area (Å²) in [6.07, 6.45) is 0. The SMILES string of the molecule is O=C(CSCSCSCCS(=O)CSCSCSC(=O)CSCSCSCC(=O)SCSCSCO)SCSCSCO. The summed E-state index contributed by atoms with van der Waals surface area (Å²) in [5.74, 6) is 3.33. The van der Waals surface area contributed by atoms with Crippen molar-refractivity contribution < 1.29 is 28.8 Å². The summed E-state index contributed by atoms with van der Waals surface area (Å²) in [6, 6.07) is 0. The Hall–Kier alpha value is 4.33. The zero-order valence-electron chi connectivity index (χ0n) is 23.3. The van der Waals surface area contributed by atoms with E-state index < -0.39 is 10.8 Å². The molecule has 0 rings (SSSR count). The molecule has 0 saturated heterocycles. The molecule has 0 heterocycles. The summed E-state index contributed by atoms with van der Waals surface area (Å²) >= 11 is 23.8. The molecule has 0 aliphatic carbocycles. The summed E-state index contributed by atoms with van der Waals surface area (Å²) in [4.78, 5) is 35.6. The van der Waals surface area contributed by atoms with Gasteiger partial charge in [-0.2, -0.15) is 11.8 Å². The number of aliphatic hydroxyl groups excluding tert-OH is 2. The molecular formula is C21H38O6S16. The van der Waals surface area contributed by atoms with E-state index in [9.17, 15) is 18.6 Å². The van der Waals surface area contributed by atoms with E-state index in [0.717, 1.165) is 56.6 Å². The van der Waals surface area contributed by atoms with E-state index in [1.54, 1.807) is 118 Å². The maximum Gasteiger partial charge on any atom is 0.199 e. The van der Waals surface area contributed by atoms with Crippen molar-refractivity contribution in [2.45, 2.75) is 0 Å². The monoisotopic (exact) mass is 898 g/mol. The highest BCUT2D eigenvalue weighted by molar-refractivity contribution is 8.30. The first-order valence-electron chi connectivity index (χ1n) is 12.0. The number of hydrogen-bond donors (Lipinski definition) is 2. The second-order valence-electron chi connectivity index (χ2n) is 6.83. The number of thioether (sulfide) groups is 15. The molecule has 0 saturated carbocycles. The first kappa shape index (κ1) is 47.3. The highest BCUT2D eigenvalue weighted by Crippen LogP contribution is 2.25. The van der Waals surface area contributed by atoms with E-state index in [-0.39, 0.29) is 27.2 Å². The molecule has 0 aliphatic heterocycles. The van der Waals surface area contributed by atoms with E-state index in [2.05, 4.69) is 0 Å². The summed E-state index contributed by atoms with van der Waals surface area (Å²) in [6.45, 7) is 0. The number of carbonyl (C=O) groups is 3. The van der Waals surface area contributed by atoms with Gasteiger partial charge in [0.15, 0.2) is 15.3 Å². The second-order valence-corrected chi connectivity index (χ2v) is 27.4. The number of hydrogen-bond acceptors (Lipinski definition) is 21. The van der Waals surface area contributed by atoms with Gasteiger partial charge < -0.3 is 10.2 Å². The maximum absolute atomic E-state index is 12.2. The zero-order valence-corrected chi connectivity index (χ0v) is 36.4. The predicted molar refractivity (Wildman–Crippen MR) is 229 cm³/mol. The predicted octanol–water partition coefficient (Wildman–Crippen LogP) is 7.75. The fourth-order valence-electron chi connectivity index (χ4n) is 1.88. The van der Waals surface area contributed by atoms with E-state index in [1.165, 1.54) is 58.8 Å². The van der Waals surface area contributed by atoms with E-state index >= 15 is 0 Å². The quantitative estimate of drug-likeness (QED) is 0.0495. The minimum atomic E-state index is -0.830. The Labute approximate surface area is 323 Å². The van der Waals surface area contributed by atoms with Crippen LogP contribution in [0.4, 0.5) is 0 Å². The van der Waals surface area contributed by atoms with Crippen molar-refractivity contribution in [1.82, 2.24) is 0 Å². The molecule has 2 N–H and O–H groups in total. The second kappa shape index (κ2) is 39.1. The van der Waals surface area contributed by atoms with E-state index in [1.807, 2.05) is 0 Å². The van der Waals surface area contributed by atoms with Crippen LogP contribution in [0.1, 0.15) is 0 Å². The number of aliphatic hydroxyl groups is 2. The first-order chi connectivity index (χ1) is 21.0. The van der Waals surface area contributed by atoms with Crippen molar-refractivity contribution >= 4 is 203 Å². The molecule has 0 aromatic heterocycles. The van der Waals surface area contributed by atoms with Gasteiger partial charge >= 0.3 is 0 Å². The Morgan fingerprint density at radius 2 is 0.791 bits per heavy atom. The van der Waals surface area contributed by atoms with Gasteiger partial charge in [0.05, 0.1) is 34.2 Å². The summed E-state index contributed by atoms with van der Waals surface area (Å²) in [5.41, 5.74) is 0. The van der Waals surface area contributed by atoms with Gasteiger partial charge in [0.1, 0.15) is 0 Å². The summed E-state index contributed by atoms with van der Waals surface area (Å²) < 4.78 is 12.2. The molecule has 0 spiro atoms. The van der Waals surface area contributed by atoms with Crippen molar-refractivity contribution in [3.8, 4) is 0 Å². The van der Waals surface area contributed by atoms with Crippen molar-refractivity contribution in [2.75, 3.05) is 96.6 Å². The Bertz CT molecular complexity index is 711. The Balaban J connectivity index is 3.38. The number of rotatable bonds is 33. The van der Waals surface area contributed by atoms with Gasteiger partial charge in [0, 0.05) is 73.2 Å². The smallest absolute Gasteiger partial charge is 0.199 e. The van der Waals surface area contributed by atoms with Gasteiger partial charge in [-0.3, -0.25) is 18.6 Å². The van der Waals surface area contributed by atoms with Crippen molar-refractivity contribution in [3.63, 3.8) is 0 Å². The van der Waals surface area contributed by atoms with Crippen LogP contribution in [-0.4, -0.2) is 126 Å². The van der Waals surface area contributed by atoms with Crippen LogP contribution in [0.25, 0.3) is 0 Å². The zero-order chi connectivity index (χ0) is 31.6. The Kier molecular flexibility index (Phi) is 43.1.